The molecule has 1 amide bonds. The fraction of sp³-hybridized carbons (Fsp3) is 0.391. The normalized spacial score (nSPS) is 11.8. The molecule has 0 radical (unpaired) electrons. The molecule has 1 unspecified atom stereocenters. The molecule has 0 aliphatic rings. The number of hydrogen-bond acceptors (Lipinski definition) is 4. The molecule has 5 nitrogen and oxygen atoms in total. The summed E-state index contributed by atoms with van der Waals surface area (Å²) < 4.78 is 10.6. The molecule has 2 aromatic carbocycles. The van der Waals surface area contributed by atoms with Crippen molar-refractivity contribution in [3.05, 3.63) is 65.7 Å². The highest BCUT2D eigenvalue weighted by molar-refractivity contribution is 5.94. The van der Waals surface area contributed by atoms with Crippen molar-refractivity contribution in [2.45, 2.75) is 27.4 Å². The Hall–Kier alpha value is -2.82. The molecule has 0 saturated heterocycles. The van der Waals surface area contributed by atoms with Crippen molar-refractivity contribution in [2.75, 3.05) is 20.2 Å². The quantitative estimate of drug-likeness (QED) is 0.610. The van der Waals surface area contributed by atoms with Gasteiger partial charge in [0, 0.05) is 18.7 Å². The van der Waals surface area contributed by atoms with E-state index in [1.807, 2.05) is 44.2 Å². The fourth-order valence-electron chi connectivity index (χ4n) is 2.90. The number of rotatable bonds is 9. The smallest absolute Gasteiger partial charge is 0.310 e. The first-order valence-corrected chi connectivity index (χ1v) is 9.54. The molecule has 0 aromatic heterocycles. The highest BCUT2D eigenvalue weighted by Gasteiger charge is 2.23. The van der Waals surface area contributed by atoms with Crippen LogP contribution in [0.15, 0.2) is 54.6 Å². The predicted octanol–water partition coefficient (Wildman–Crippen LogP) is 4.17. The molecule has 0 N–H and O–H groups in total. The maximum absolute atomic E-state index is 13.0. The summed E-state index contributed by atoms with van der Waals surface area (Å²) in [7, 11) is 1.36. The molecule has 1 atom stereocenters. The molecule has 0 spiro atoms. The number of methoxy groups -OCH3 is 1. The zero-order valence-electron chi connectivity index (χ0n) is 17.1. The fourth-order valence-corrected chi connectivity index (χ4v) is 2.90. The van der Waals surface area contributed by atoms with Gasteiger partial charge in [-0.3, -0.25) is 9.59 Å². The van der Waals surface area contributed by atoms with Gasteiger partial charge in [0.15, 0.2) is 0 Å². The van der Waals surface area contributed by atoms with E-state index in [0.717, 1.165) is 5.56 Å². The Morgan fingerprint density at radius 2 is 1.57 bits per heavy atom. The monoisotopic (exact) mass is 383 g/mol. The number of esters is 1. The number of amides is 1. The lowest BCUT2D eigenvalue weighted by molar-refractivity contribution is -0.145. The van der Waals surface area contributed by atoms with E-state index in [0.29, 0.717) is 36.9 Å². The van der Waals surface area contributed by atoms with Crippen molar-refractivity contribution in [2.24, 2.45) is 11.8 Å². The molecule has 5 heteroatoms. The molecular weight excluding hydrogens is 354 g/mol. The third kappa shape index (κ3) is 6.41. The third-order valence-electron chi connectivity index (χ3n) is 4.32. The molecule has 0 aliphatic carbocycles. The van der Waals surface area contributed by atoms with Crippen LogP contribution in [0.1, 0.15) is 36.7 Å². The predicted molar refractivity (Wildman–Crippen MR) is 109 cm³/mol. The lowest BCUT2D eigenvalue weighted by Gasteiger charge is -2.27. The Morgan fingerprint density at radius 1 is 0.929 bits per heavy atom. The average molecular weight is 383 g/mol. The summed E-state index contributed by atoms with van der Waals surface area (Å²) in [5.74, 6) is 0.215. The Bertz CT molecular complexity index is 756. The largest absolute Gasteiger partial charge is 0.489 e. The van der Waals surface area contributed by atoms with E-state index in [1.165, 1.54) is 7.11 Å². The van der Waals surface area contributed by atoms with Crippen LogP contribution in [0.3, 0.4) is 0 Å². The minimum Gasteiger partial charge on any atom is -0.489 e. The molecule has 0 fully saturated rings. The maximum atomic E-state index is 13.0. The van der Waals surface area contributed by atoms with Crippen LogP contribution in [-0.2, 0) is 16.1 Å². The van der Waals surface area contributed by atoms with Gasteiger partial charge in [-0.2, -0.15) is 0 Å². The van der Waals surface area contributed by atoms with Crippen molar-refractivity contribution < 1.29 is 19.1 Å². The number of hydrogen-bond donors (Lipinski definition) is 0. The van der Waals surface area contributed by atoms with Crippen LogP contribution in [0, 0.1) is 11.8 Å². The van der Waals surface area contributed by atoms with Gasteiger partial charge in [0.05, 0.1) is 13.0 Å². The Labute approximate surface area is 167 Å². The van der Waals surface area contributed by atoms with E-state index < -0.39 is 0 Å². The van der Waals surface area contributed by atoms with Crippen LogP contribution in [0.2, 0.25) is 0 Å². The average Bonchev–Trinajstić information content (AvgIpc) is 2.71. The first-order chi connectivity index (χ1) is 13.4. The lowest BCUT2D eigenvalue weighted by Crippen LogP contribution is -2.39. The second-order valence-electron chi connectivity index (χ2n) is 7.33. The Morgan fingerprint density at radius 3 is 2.14 bits per heavy atom. The summed E-state index contributed by atoms with van der Waals surface area (Å²) in [6.45, 7) is 7.24. The zero-order chi connectivity index (χ0) is 20.5. The molecule has 0 aliphatic heterocycles. The SMILES string of the molecule is COC(=O)C(C)CN(CC(C)C)C(=O)c1ccc(OCc2ccccc2)cc1. The van der Waals surface area contributed by atoms with Crippen LogP contribution in [0.25, 0.3) is 0 Å². The van der Waals surface area contributed by atoms with Gasteiger partial charge in [-0.05, 0) is 35.7 Å². The summed E-state index contributed by atoms with van der Waals surface area (Å²) >= 11 is 0. The summed E-state index contributed by atoms with van der Waals surface area (Å²) in [6.07, 6.45) is 0. The van der Waals surface area contributed by atoms with Crippen molar-refractivity contribution >= 4 is 11.9 Å². The van der Waals surface area contributed by atoms with Gasteiger partial charge in [0.2, 0.25) is 0 Å². The number of ether oxygens (including phenoxy) is 2. The third-order valence-corrected chi connectivity index (χ3v) is 4.32. The standard InChI is InChI=1S/C23H29NO4/c1-17(2)14-24(15-18(3)23(26)27-4)22(25)20-10-12-21(13-11-20)28-16-19-8-6-5-7-9-19/h5-13,17-18H,14-16H2,1-4H3. The van der Waals surface area contributed by atoms with E-state index in [2.05, 4.69) is 0 Å². The van der Waals surface area contributed by atoms with Gasteiger partial charge in [0.1, 0.15) is 12.4 Å². The summed E-state index contributed by atoms with van der Waals surface area (Å²) in [6, 6.07) is 17.0. The van der Waals surface area contributed by atoms with Crippen molar-refractivity contribution in [1.82, 2.24) is 4.90 Å². The summed E-state index contributed by atoms with van der Waals surface area (Å²) in [5.41, 5.74) is 1.66. The molecule has 0 saturated carbocycles. The van der Waals surface area contributed by atoms with Gasteiger partial charge in [0.25, 0.3) is 5.91 Å². The van der Waals surface area contributed by atoms with Crippen LogP contribution in [0.4, 0.5) is 0 Å². The van der Waals surface area contributed by atoms with Crippen LogP contribution >= 0.6 is 0 Å². The molecule has 0 bridgehead atoms. The van der Waals surface area contributed by atoms with Gasteiger partial charge >= 0.3 is 5.97 Å². The molecule has 2 aromatic rings. The number of nitrogens with zero attached hydrogens (tertiary/aromatic N) is 1. The Kier molecular flexibility index (Phi) is 8.05. The van der Waals surface area contributed by atoms with Gasteiger partial charge in [-0.25, -0.2) is 0 Å². The second-order valence-corrected chi connectivity index (χ2v) is 7.33. The van der Waals surface area contributed by atoms with Crippen LogP contribution in [0.5, 0.6) is 5.75 Å². The molecule has 28 heavy (non-hydrogen) atoms. The van der Waals surface area contributed by atoms with Gasteiger partial charge in [-0.1, -0.05) is 51.1 Å². The Balaban J connectivity index is 2.03. The topological polar surface area (TPSA) is 55.8 Å². The highest BCUT2D eigenvalue weighted by Crippen LogP contribution is 2.17. The molecule has 2 rings (SSSR count). The molecule has 150 valence electrons. The van der Waals surface area contributed by atoms with E-state index in [4.69, 9.17) is 9.47 Å². The summed E-state index contributed by atoms with van der Waals surface area (Å²) in [4.78, 5) is 26.4. The van der Waals surface area contributed by atoms with E-state index in [9.17, 15) is 9.59 Å². The first-order valence-electron chi connectivity index (χ1n) is 9.54. The van der Waals surface area contributed by atoms with E-state index in [-0.39, 0.29) is 17.8 Å². The van der Waals surface area contributed by atoms with Gasteiger partial charge in [-0.15, -0.1) is 0 Å². The minimum absolute atomic E-state index is 0.0981. The van der Waals surface area contributed by atoms with E-state index >= 15 is 0 Å². The first kappa shape index (κ1) is 21.5. The number of benzene rings is 2. The number of carbonyl (C=O) groups excluding carboxylic acids is 2. The highest BCUT2D eigenvalue weighted by atomic mass is 16.5. The summed E-state index contributed by atoms with van der Waals surface area (Å²) in [5, 5.41) is 0. The lowest BCUT2D eigenvalue weighted by atomic mass is 10.1. The van der Waals surface area contributed by atoms with Crippen LogP contribution in [-0.4, -0.2) is 37.0 Å². The maximum Gasteiger partial charge on any atom is 0.310 e. The minimum atomic E-state index is -0.374. The number of carbonyl (C=O) groups is 2. The van der Waals surface area contributed by atoms with Crippen molar-refractivity contribution in [3.8, 4) is 5.75 Å². The molecule has 0 heterocycles. The van der Waals surface area contributed by atoms with Crippen LogP contribution < -0.4 is 4.74 Å². The van der Waals surface area contributed by atoms with Crippen molar-refractivity contribution in [3.63, 3.8) is 0 Å². The van der Waals surface area contributed by atoms with E-state index in [1.54, 1.807) is 36.1 Å². The van der Waals surface area contributed by atoms with Gasteiger partial charge < -0.3 is 14.4 Å². The molecular formula is C23H29NO4. The second kappa shape index (κ2) is 10.5. The van der Waals surface area contributed by atoms with Crippen molar-refractivity contribution in [1.29, 1.82) is 0 Å². The zero-order valence-corrected chi connectivity index (χ0v) is 17.1.